The van der Waals surface area contributed by atoms with E-state index >= 15 is 0 Å². The van der Waals surface area contributed by atoms with Crippen LogP contribution in [0.15, 0.2) is 18.6 Å². The maximum absolute atomic E-state index is 11.5. The Morgan fingerprint density at radius 3 is 2.95 bits per heavy atom. The van der Waals surface area contributed by atoms with Crippen LogP contribution in [0.4, 0.5) is 4.79 Å². The van der Waals surface area contributed by atoms with E-state index < -0.39 is 6.09 Å². The molecule has 2 aromatic rings. The van der Waals surface area contributed by atoms with Gasteiger partial charge in [-0.25, -0.2) is 14.8 Å². The summed E-state index contributed by atoms with van der Waals surface area (Å²) in [5.74, 6) is 0.732. The van der Waals surface area contributed by atoms with Crippen LogP contribution < -0.4 is 0 Å². The van der Waals surface area contributed by atoms with E-state index in [0.717, 1.165) is 25.1 Å². The molecule has 1 aliphatic heterocycles. The number of imidazole rings is 1. The minimum atomic E-state index is -0.879. The van der Waals surface area contributed by atoms with Crippen LogP contribution >= 0.6 is 11.6 Å². The first-order chi connectivity index (χ1) is 9.60. The fourth-order valence-electron chi connectivity index (χ4n) is 3.19. The van der Waals surface area contributed by atoms with Gasteiger partial charge in [-0.1, -0.05) is 11.6 Å². The normalized spacial score (nSPS) is 23.6. The van der Waals surface area contributed by atoms with E-state index in [4.69, 9.17) is 11.6 Å². The van der Waals surface area contributed by atoms with Crippen molar-refractivity contribution in [2.75, 3.05) is 6.54 Å². The van der Waals surface area contributed by atoms with E-state index in [0.29, 0.717) is 17.2 Å². The summed E-state index contributed by atoms with van der Waals surface area (Å²) in [6, 6.07) is -0.198. The molecule has 1 aliphatic carbocycles. The summed E-state index contributed by atoms with van der Waals surface area (Å²) >= 11 is 6.04. The second kappa shape index (κ2) is 3.85. The molecule has 1 saturated heterocycles. The number of amides is 1. The molecule has 7 heteroatoms. The first-order valence-electron chi connectivity index (χ1n) is 6.57. The van der Waals surface area contributed by atoms with Crippen molar-refractivity contribution in [3.63, 3.8) is 0 Å². The van der Waals surface area contributed by atoms with Crippen molar-refractivity contribution in [1.82, 2.24) is 19.3 Å². The standard InChI is InChI=1S/C13H13ClN4O2/c14-10-9-6-16-11(17(9)4-3-15-10)8-5-13(1-2-13)7-18(8)12(19)20/h3-4,6,8H,1-2,5,7H2,(H,19,20)/t8-/m0/s1. The monoisotopic (exact) mass is 292 g/mol. The lowest BCUT2D eigenvalue weighted by Crippen LogP contribution is -2.30. The van der Waals surface area contributed by atoms with Gasteiger partial charge in [-0.15, -0.1) is 0 Å². The van der Waals surface area contributed by atoms with E-state index in [-0.39, 0.29) is 11.5 Å². The molecular weight excluding hydrogens is 280 g/mol. The van der Waals surface area contributed by atoms with E-state index in [1.165, 1.54) is 4.90 Å². The zero-order chi connectivity index (χ0) is 13.9. The highest BCUT2D eigenvalue weighted by atomic mass is 35.5. The number of aromatic nitrogens is 3. The molecule has 4 rings (SSSR count). The number of hydrogen-bond donors (Lipinski definition) is 1. The first kappa shape index (κ1) is 12.0. The molecule has 0 unspecified atom stereocenters. The smallest absolute Gasteiger partial charge is 0.407 e. The lowest BCUT2D eigenvalue weighted by Gasteiger charge is -2.20. The second-order valence-corrected chi connectivity index (χ2v) is 6.08. The number of carbonyl (C=O) groups is 1. The number of hydrogen-bond acceptors (Lipinski definition) is 3. The fraction of sp³-hybridized carbons (Fsp3) is 0.462. The molecule has 20 heavy (non-hydrogen) atoms. The highest BCUT2D eigenvalue weighted by Gasteiger charge is 2.54. The van der Waals surface area contributed by atoms with Gasteiger partial charge in [0.1, 0.15) is 11.3 Å². The molecule has 2 aliphatic rings. The molecule has 6 nitrogen and oxygen atoms in total. The highest BCUT2D eigenvalue weighted by Crippen LogP contribution is 2.58. The Hall–Kier alpha value is -1.82. The van der Waals surface area contributed by atoms with Crippen LogP contribution in [0.1, 0.15) is 31.1 Å². The molecule has 1 atom stereocenters. The zero-order valence-corrected chi connectivity index (χ0v) is 11.4. The lowest BCUT2D eigenvalue weighted by molar-refractivity contribution is 0.137. The van der Waals surface area contributed by atoms with Gasteiger partial charge in [-0.3, -0.25) is 9.30 Å². The van der Waals surface area contributed by atoms with Crippen molar-refractivity contribution in [2.24, 2.45) is 5.41 Å². The van der Waals surface area contributed by atoms with Crippen LogP contribution in [-0.4, -0.2) is 37.0 Å². The SMILES string of the molecule is O=C(O)N1CC2(CC2)C[C@H]1c1ncc2c(Cl)nccn12. The van der Waals surface area contributed by atoms with Crippen LogP contribution in [0, 0.1) is 5.41 Å². The van der Waals surface area contributed by atoms with E-state index in [9.17, 15) is 9.90 Å². The van der Waals surface area contributed by atoms with Crippen molar-refractivity contribution in [1.29, 1.82) is 0 Å². The summed E-state index contributed by atoms with van der Waals surface area (Å²) in [4.78, 5) is 21.4. The molecule has 0 radical (unpaired) electrons. The Morgan fingerprint density at radius 1 is 1.45 bits per heavy atom. The van der Waals surface area contributed by atoms with E-state index in [1.54, 1.807) is 18.6 Å². The van der Waals surface area contributed by atoms with Gasteiger partial charge in [-0.05, 0) is 24.7 Å². The molecule has 0 bridgehead atoms. The van der Waals surface area contributed by atoms with Crippen LogP contribution in [0.25, 0.3) is 5.52 Å². The maximum Gasteiger partial charge on any atom is 0.407 e. The Bertz CT molecular complexity index is 709. The number of likely N-dealkylation sites (tertiary alicyclic amines) is 1. The molecular formula is C13H13ClN4O2. The van der Waals surface area contributed by atoms with Crippen molar-refractivity contribution in [3.8, 4) is 0 Å². The van der Waals surface area contributed by atoms with Gasteiger partial charge in [0.05, 0.1) is 12.2 Å². The average Bonchev–Trinajstić information content (AvgIpc) is 2.85. The molecule has 104 valence electrons. The third-order valence-electron chi connectivity index (χ3n) is 4.45. The van der Waals surface area contributed by atoms with E-state index in [1.807, 2.05) is 4.40 Å². The summed E-state index contributed by atoms with van der Waals surface area (Å²) in [6.45, 7) is 0.612. The molecule has 0 aromatic carbocycles. The molecule has 1 amide bonds. The molecule has 1 saturated carbocycles. The lowest BCUT2D eigenvalue weighted by atomic mass is 10.0. The molecule has 1 spiro atoms. The highest BCUT2D eigenvalue weighted by molar-refractivity contribution is 6.32. The van der Waals surface area contributed by atoms with Crippen molar-refractivity contribution >= 4 is 23.2 Å². The number of carboxylic acid groups (broad SMARTS) is 1. The van der Waals surface area contributed by atoms with Gasteiger partial charge >= 0.3 is 6.09 Å². The maximum atomic E-state index is 11.5. The molecule has 2 fully saturated rings. The summed E-state index contributed by atoms with van der Waals surface area (Å²) in [6.07, 6.45) is 7.23. The van der Waals surface area contributed by atoms with Gasteiger partial charge in [0, 0.05) is 18.9 Å². The molecule has 3 heterocycles. The second-order valence-electron chi connectivity index (χ2n) is 5.72. The van der Waals surface area contributed by atoms with Gasteiger partial charge < -0.3 is 5.11 Å². The minimum absolute atomic E-state index is 0.186. The van der Waals surface area contributed by atoms with Crippen LogP contribution in [0.3, 0.4) is 0 Å². The third kappa shape index (κ3) is 1.61. The Labute approximate surface area is 120 Å². The van der Waals surface area contributed by atoms with Gasteiger partial charge in [0.15, 0.2) is 5.15 Å². The predicted octanol–water partition coefficient (Wildman–Crippen LogP) is 2.59. The Balaban J connectivity index is 1.81. The fourth-order valence-corrected chi connectivity index (χ4v) is 3.39. The first-order valence-corrected chi connectivity index (χ1v) is 6.94. The summed E-state index contributed by atoms with van der Waals surface area (Å²) in [7, 11) is 0. The number of fused-ring (bicyclic) bond motifs is 1. The van der Waals surface area contributed by atoms with Crippen molar-refractivity contribution in [2.45, 2.75) is 25.3 Å². The number of nitrogens with zero attached hydrogens (tertiary/aromatic N) is 4. The van der Waals surface area contributed by atoms with Crippen LogP contribution in [0.2, 0.25) is 5.15 Å². The predicted molar refractivity (Wildman–Crippen MR) is 71.8 cm³/mol. The summed E-state index contributed by atoms with van der Waals surface area (Å²) in [5.41, 5.74) is 0.900. The average molecular weight is 293 g/mol. The zero-order valence-electron chi connectivity index (χ0n) is 10.7. The van der Waals surface area contributed by atoms with Crippen molar-refractivity contribution < 1.29 is 9.90 Å². The van der Waals surface area contributed by atoms with E-state index in [2.05, 4.69) is 9.97 Å². The molecule has 1 N–H and O–H groups in total. The molecule has 2 aromatic heterocycles. The van der Waals surface area contributed by atoms with Crippen LogP contribution in [-0.2, 0) is 0 Å². The largest absolute Gasteiger partial charge is 0.465 e. The Morgan fingerprint density at radius 2 is 2.25 bits per heavy atom. The van der Waals surface area contributed by atoms with Gasteiger partial charge in [0.25, 0.3) is 0 Å². The van der Waals surface area contributed by atoms with Crippen LogP contribution in [0.5, 0.6) is 0 Å². The topological polar surface area (TPSA) is 70.7 Å². The summed E-state index contributed by atoms with van der Waals surface area (Å²) < 4.78 is 1.84. The van der Waals surface area contributed by atoms with Gasteiger partial charge in [0.2, 0.25) is 0 Å². The minimum Gasteiger partial charge on any atom is -0.465 e. The third-order valence-corrected chi connectivity index (χ3v) is 4.74. The number of rotatable bonds is 1. The number of halogens is 1. The summed E-state index contributed by atoms with van der Waals surface area (Å²) in [5, 5.41) is 9.80. The van der Waals surface area contributed by atoms with Crippen molar-refractivity contribution in [3.05, 3.63) is 29.6 Å². The van der Waals surface area contributed by atoms with Gasteiger partial charge in [-0.2, -0.15) is 0 Å². The quantitative estimate of drug-likeness (QED) is 0.877. The Kier molecular flexibility index (Phi) is 2.30.